The van der Waals surface area contributed by atoms with Gasteiger partial charge in [0, 0.05) is 25.3 Å². The number of benzene rings is 1. The third-order valence-electron chi connectivity index (χ3n) is 5.51. The predicted molar refractivity (Wildman–Crippen MR) is 88.1 cm³/mol. The Morgan fingerprint density at radius 1 is 1.33 bits per heavy atom. The zero-order valence-corrected chi connectivity index (χ0v) is 13.9. The van der Waals surface area contributed by atoms with E-state index in [9.17, 15) is 5.11 Å². The van der Waals surface area contributed by atoms with E-state index in [4.69, 9.17) is 9.26 Å². The van der Waals surface area contributed by atoms with Crippen LogP contribution in [0.2, 0.25) is 0 Å². The lowest BCUT2D eigenvalue weighted by Crippen LogP contribution is -2.51. The van der Waals surface area contributed by atoms with E-state index in [2.05, 4.69) is 15.0 Å². The van der Waals surface area contributed by atoms with Crippen molar-refractivity contribution in [3.8, 4) is 11.5 Å². The van der Waals surface area contributed by atoms with Crippen molar-refractivity contribution in [3.05, 3.63) is 36.2 Å². The average Bonchev–Trinajstić information content (AvgIpc) is 3.22. The minimum absolute atomic E-state index is 0.134. The van der Waals surface area contributed by atoms with E-state index in [1.165, 1.54) is 0 Å². The smallest absolute Gasteiger partial charge is 0.257 e. The summed E-state index contributed by atoms with van der Waals surface area (Å²) in [5, 5.41) is 14.2. The maximum atomic E-state index is 10.1. The summed E-state index contributed by atoms with van der Waals surface area (Å²) in [6.07, 6.45) is 3.22. The highest BCUT2D eigenvalue weighted by atomic mass is 16.5. The molecule has 2 fully saturated rings. The number of likely N-dealkylation sites (tertiary alicyclic amines) is 1. The van der Waals surface area contributed by atoms with Crippen LogP contribution in [0, 0.1) is 0 Å². The monoisotopic (exact) mass is 329 g/mol. The normalized spacial score (nSPS) is 30.4. The van der Waals surface area contributed by atoms with Gasteiger partial charge in [-0.1, -0.05) is 23.4 Å². The fourth-order valence-corrected chi connectivity index (χ4v) is 4.16. The van der Waals surface area contributed by atoms with Crippen LogP contribution in [0.4, 0.5) is 0 Å². The predicted octanol–water partition coefficient (Wildman–Crippen LogP) is 2.24. The van der Waals surface area contributed by atoms with E-state index >= 15 is 0 Å². The number of ether oxygens (including phenoxy) is 1. The summed E-state index contributed by atoms with van der Waals surface area (Å²) in [5.41, 5.74) is 0.794. The van der Waals surface area contributed by atoms with E-state index in [0.717, 1.165) is 37.8 Å². The first-order chi connectivity index (χ1) is 11.7. The van der Waals surface area contributed by atoms with Gasteiger partial charge in [0.15, 0.2) is 5.82 Å². The van der Waals surface area contributed by atoms with Crippen molar-refractivity contribution < 1.29 is 14.4 Å². The van der Waals surface area contributed by atoms with Crippen molar-refractivity contribution in [3.63, 3.8) is 0 Å². The molecule has 0 spiro atoms. The van der Waals surface area contributed by atoms with Gasteiger partial charge >= 0.3 is 0 Å². The maximum Gasteiger partial charge on any atom is 0.257 e. The summed E-state index contributed by atoms with van der Waals surface area (Å²) >= 11 is 0. The lowest BCUT2D eigenvalue weighted by atomic mass is 9.79. The number of rotatable bonds is 4. The number of hydrogen-bond acceptors (Lipinski definition) is 6. The third kappa shape index (κ3) is 2.75. The van der Waals surface area contributed by atoms with Crippen molar-refractivity contribution in [1.29, 1.82) is 0 Å². The van der Waals surface area contributed by atoms with Gasteiger partial charge in [-0.2, -0.15) is 4.98 Å². The molecule has 1 aliphatic carbocycles. The van der Waals surface area contributed by atoms with Crippen LogP contribution >= 0.6 is 0 Å². The van der Waals surface area contributed by atoms with Crippen LogP contribution in [-0.2, 0) is 11.3 Å². The zero-order valence-electron chi connectivity index (χ0n) is 13.9. The minimum Gasteiger partial charge on any atom is -0.393 e. The average molecular weight is 329 g/mol. The number of fused-ring (bicyclic) bond motifs is 1. The zero-order chi connectivity index (χ0) is 16.6. The first-order valence-corrected chi connectivity index (χ1v) is 8.55. The number of nitrogens with zero attached hydrogens (tertiary/aromatic N) is 3. The number of aromatic nitrogens is 2. The maximum absolute atomic E-state index is 10.1. The summed E-state index contributed by atoms with van der Waals surface area (Å²) in [4.78, 5) is 6.85. The number of hydrogen-bond donors (Lipinski definition) is 1. The fourth-order valence-electron chi connectivity index (χ4n) is 4.16. The molecule has 6 heteroatoms. The van der Waals surface area contributed by atoms with Gasteiger partial charge in [0.1, 0.15) is 0 Å². The Hall–Kier alpha value is -1.76. The molecule has 1 aliphatic heterocycles. The quantitative estimate of drug-likeness (QED) is 0.927. The van der Waals surface area contributed by atoms with Crippen LogP contribution in [0.1, 0.15) is 31.5 Å². The highest BCUT2D eigenvalue weighted by molar-refractivity contribution is 5.51. The third-order valence-corrected chi connectivity index (χ3v) is 5.51. The molecule has 24 heavy (non-hydrogen) atoms. The molecule has 128 valence electrons. The molecule has 4 rings (SSSR count). The van der Waals surface area contributed by atoms with Gasteiger partial charge in [-0.25, -0.2) is 0 Å². The first kappa shape index (κ1) is 15.7. The molecule has 3 atom stereocenters. The van der Waals surface area contributed by atoms with E-state index in [1.807, 2.05) is 30.3 Å². The molecule has 1 aromatic heterocycles. The molecule has 0 bridgehead atoms. The van der Waals surface area contributed by atoms with Crippen molar-refractivity contribution in [2.75, 3.05) is 13.7 Å². The van der Waals surface area contributed by atoms with E-state index in [-0.39, 0.29) is 17.7 Å². The largest absolute Gasteiger partial charge is 0.393 e. The molecule has 0 amide bonds. The molecule has 0 radical (unpaired) electrons. The van der Waals surface area contributed by atoms with Crippen LogP contribution in [0.25, 0.3) is 11.5 Å². The van der Waals surface area contributed by atoms with Crippen molar-refractivity contribution >= 4 is 0 Å². The van der Waals surface area contributed by atoms with Crippen molar-refractivity contribution in [2.45, 2.75) is 50.0 Å². The first-order valence-electron chi connectivity index (χ1n) is 8.55. The Labute approximate surface area is 141 Å². The lowest BCUT2D eigenvalue weighted by molar-refractivity contribution is -0.0882. The van der Waals surface area contributed by atoms with Gasteiger partial charge in [0.2, 0.25) is 0 Å². The van der Waals surface area contributed by atoms with Crippen LogP contribution in [-0.4, -0.2) is 51.5 Å². The van der Waals surface area contributed by atoms with Gasteiger partial charge in [0.25, 0.3) is 5.89 Å². The second kappa shape index (κ2) is 6.27. The summed E-state index contributed by atoms with van der Waals surface area (Å²) in [5.74, 6) is 1.23. The highest BCUT2D eigenvalue weighted by Gasteiger charge is 2.50. The van der Waals surface area contributed by atoms with Crippen LogP contribution < -0.4 is 0 Å². The summed E-state index contributed by atoms with van der Waals surface area (Å²) in [6.45, 7) is 1.55. The topological polar surface area (TPSA) is 71.6 Å². The second-order valence-electron chi connectivity index (χ2n) is 6.82. The molecule has 2 heterocycles. The molecule has 2 aromatic rings. The molecular formula is C18H23N3O3. The summed E-state index contributed by atoms with van der Waals surface area (Å²) in [7, 11) is 1.79. The molecular weight excluding hydrogens is 306 g/mol. The molecule has 0 unspecified atom stereocenters. The number of aliphatic hydroxyl groups is 1. The Kier molecular flexibility index (Phi) is 4.12. The Bertz CT molecular complexity index is 690. The molecule has 6 nitrogen and oxygen atoms in total. The SMILES string of the molecule is CO[C@]12CC[C@H](O)C[C@H]1N(Cc1noc(-c3ccccc3)n1)CC2. The number of methoxy groups -OCH3 is 1. The molecule has 2 aliphatic rings. The fraction of sp³-hybridized carbons (Fsp3) is 0.556. The highest BCUT2D eigenvalue weighted by Crippen LogP contribution is 2.42. The summed E-state index contributed by atoms with van der Waals surface area (Å²) < 4.78 is 11.3. The van der Waals surface area contributed by atoms with Crippen LogP contribution in [0.15, 0.2) is 34.9 Å². The Morgan fingerprint density at radius 3 is 2.96 bits per heavy atom. The van der Waals surface area contributed by atoms with Crippen molar-refractivity contribution in [1.82, 2.24) is 15.0 Å². The van der Waals surface area contributed by atoms with Gasteiger partial charge in [-0.15, -0.1) is 0 Å². The standard InChI is InChI=1S/C18H23N3O3/c1-23-18-8-7-14(22)11-15(18)21(10-9-18)12-16-19-17(24-20-16)13-5-3-2-4-6-13/h2-6,14-15,22H,7-12H2,1H3/t14-,15+,18-/m0/s1. The minimum atomic E-state index is -0.246. The summed E-state index contributed by atoms with van der Waals surface area (Å²) in [6, 6.07) is 10.0. The molecule has 1 N–H and O–H groups in total. The molecule has 1 saturated heterocycles. The number of aliphatic hydroxyl groups excluding tert-OH is 1. The second-order valence-corrected chi connectivity index (χ2v) is 6.82. The van der Waals surface area contributed by atoms with Crippen LogP contribution in [0.5, 0.6) is 0 Å². The van der Waals surface area contributed by atoms with Gasteiger partial charge in [0.05, 0.1) is 18.2 Å². The van der Waals surface area contributed by atoms with Gasteiger partial charge in [-0.3, -0.25) is 4.90 Å². The van der Waals surface area contributed by atoms with Crippen LogP contribution in [0.3, 0.4) is 0 Å². The van der Waals surface area contributed by atoms with E-state index in [1.54, 1.807) is 7.11 Å². The lowest BCUT2D eigenvalue weighted by Gasteiger charge is -2.42. The van der Waals surface area contributed by atoms with Gasteiger partial charge in [-0.05, 0) is 37.8 Å². The van der Waals surface area contributed by atoms with Crippen molar-refractivity contribution in [2.24, 2.45) is 0 Å². The van der Waals surface area contributed by atoms with Gasteiger partial charge < -0.3 is 14.4 Å². The Balaban J connectivity index is 1.51. The van der Waals surface area contributed by atoms with E-state index in [0.29, 0.717) is 18.3 Å². The molecule has 1 aromatic carbocycles. The molecule has 1 saturated carbocycles. The Morgan fingerprint density at radius 2 is 2.17 bits per heavy atom. The van der Waals surface area contributed by atoms with E-state index < -0.39 is 0 Å².